The minimum absolute atomic E-state index is 0.136. The van der Waals surface area contributed by atoms with Crippen LogP contribution in [-0.4, -0.2) is 21.0 Å². The zero-order chi connectivity index (χ0) is 18.3. The van der Waals surface area contributed by atoms with Crippen molar-refractivity contribution in [3.63, 3.8) is 0 Å². The van der Waals surface area contributed by atoms with Crippen LogP contribution in [0.25, 0.3) is 0 Å². The molecule has 0 N–H and O–H groups in total. The zero-order valence-corrected chi connectivity index (χ0v) is 15.8. The summed E-state index contributed by atoms with van der Waals surface area (Å²) in [4.78, 5) is 4.27. The molecule has 4 rings (SSSR count). The van der Waals surface area contributed by atoms with Gasteiger partial charge in [0.05, 0.1) is 6.54 Å². The van der Waals surface area contributed by atoms with E-state index >= 15 is 0 Å². The third-order valence-electron chi connectivity index (χ3n) is 4.87. The second kappa shape index (κ2) is 6.52. The maximum absolute atomic E-state index is 13.9. The number of aryl methyl sites for hydroxylation is 2. The summed E-state index contributed by atoms with van der Waals surface area (Å²) in [7, 11) is 0. The number of benzene rings is 2. The summed E-state index contributed by atoms with van der Waals surface area (Å²) in [5.41, 5.74) is 3.67. The quantitative estimate of drug-likeness (QED) is 0.493. The van der Waals surface area contributed by atoms with E-state index in [4.69, 9.17) is 4.74 Å². The van der Waals surface area contributed by atoms with Crippen LogP contribution >= 0.6 is 11.8 Å². The van der Waals surface area contributed by atoms with Crippen LogP contribution in [0.3, 0.4) is 0 Å². The Morgan fingerprint density at radius 1 is 1.23 bits per heavy atom. The van der Waals surface area contributed by atoms with E-state index in [9.17, 15) is 4.39 Å². The van der Waals surface area contributed by atoms with Crippen LogP contribution in [0.1, 0.15) is 28.4 Å². The number of epoxide rings is 1. The number of ether oxygens (including phenoxy) is 1. The molecule has 3 aromatic rings. The summed E-state index contributed by atoms with van der Waals surface area (Å²) in [6.07, 6.45) is 3.37. The van der Waals surface area contributed by atoms with Crippen molar-refractivity contribution in [2.75, 3.05) is 6.26 Å². The molecule has 0 aliphatic carbocycles. The highest BCUT2D eigenvalue weighted by Gasteiger charge is 2.59. The molecule has 2 aromatic carbocycles. The van der Waals surface area contributed by atoms with E-state index in [0.717, 1.165) is 16.3 Å². The molecule has 26 heavy (non-hydrogen) atoms. The topological polar surface area (TPSA) is 43.2 Å². The number of rotatable bonds is 5. The Balaban J connectivity index is 1.78. The van der Waals surface area contributed by atoms with Crippen molar-refractivity contribution in [1.82, 2.24) is 14.8 Å². The van der Waals surface area contributed by atoms with Gasteiger partial charge in [0.2, 0.25) is 0 Å². The molecule has 1 aromatic heterocycles. The van der Waals surface area contributed by atoms with Crippen LogP contribution < -0.4 is 0 Å². The van der Waals surface area contributed by atoms with Gasteiger partial charge in [0.15, 0.2) is 5.16 Å². The van der Waals surface area contributed by atoms with Crippen molar-refractivity contribution in [3.8, 4) is 0 Å². The van der Waals surface area contributed by atoms with Crippen molar-refractivity contribution in [3.05, 3.63) is 76.9 Å². The van der Waals surface area contributed by atoms with Gasteiger partial charge in [0.25, 0.3) is 0 Å². The Labute approximate surface area is 156 Å². The standard InChI is InChI=1S/C20H20FN3OS/c1-13-7-8-14(2)17(9-13)18-20(25-18,15-5-4-6-16(21)10-15)11-24-19(26-3)22-12-23-24/h4-10,12,18H,11H2,1-3H3. The van der Waals surface area contributed by atoms with Crippen LogP contribution in [0.4, 0.5) is 4.39 Å². The van der Waals surface area contributed by atoms with Crippen molar-refractivity contribution in [2.24, 2.45) is 0 Å². The predicted molar refractivity (Wildman–Crippen MR) is 99.6 cm³/mol. The summed E-state index contributed by atoms with van der Waals surface area (Å²) < 4.78 is 22.0. The SMILES string of the molecule is CSc1ncnn1CC1(c2cccc(F)c2)OC1c1cc(C)ccc1C. The molecule has 134 valence electrons. The van der Waals surface area contributed by atoms with Crippen molar-refractivity contribution >= 4 is 11.8 Å². The van der Waals surface area contributed by atoms with Gasteiger partial charge >= 0.3 is 0 Å². The first-order valence-electron chi connectivity index (χ1n) is 8.46. The first kappa shape index (κ1) is 17.2. The monoisotopic (exact) mass is 369 g/mol. The number of nitrogens with zero attached hydrogens (tertiary/aromatic N) is 3. The Bertz CT molecular complexity index is 958. The van der Waals surface area contributed by atoms with Crippen LogP contribution in [0, 0.1) is 19.7 Å². The lowest BCUT2D eigenvalue weighted by Crippen LogP contribution is -2.21. The van der Waals surface area contributed by atoms with E-state index in [1.165, 1.54) is 29.0 Å². The fourth-order valence-electron chi connectivity index (χ4n) is 3.46. The fourth-order valence-corrected chi connectivity index (χ4v) is 3.93. The molecular weight excluding hydrogens is 349 g/mol. The second-order valence-electron chi connectivity index (χ2n) is 6.66. The maximum Gasteiger partial charge on any atom is 0.185 e. The lowest BCUT2D eigenvalue weighted by atomic mass is 9.89. The first-order valence-corrected chi connectivity index (χ1v) is 9.69. The molecule has 1 aliphatic heterocycles. The molecule has 4 nitrogen and oxygen atoms in total. The van der Waals surface area contributed by atoms with E-state index in [2.05, 4.69) is 42.1 Å². The second-order valence-corrected chi connectivity index (χ2v) is 7.44. The molecule has 0 saturated carbocycles. The minimum atomic E-state index is -0.640. The normalized spacial score (nSPS) is 21.8. The average Bonchev–Trinajstić information content (AvgIpc) is 3.17. The number of hydrogen-bond acceptors (Lipinski definition) is 4. The zero-order valence-electron chi connectivity index (χ0n) is 14.9. The number of thioether (sulfide) groups is 1. The van der Waals surface area contributed by atoms with Crippen LogP contribution in [0.15, 0.2) is 53.9 Å². The van der Waals surface area contributed by atoms with Gasteiger partial charge in [-0.2, -0.15) is 5.10 Å². The Morgan fingerprint density at radius 3 is 2.85 bits per heavy atom. The lowest BCUT2D eigenvalue weighted by molar-refractivity contribution is 0.256. The van der Waals surface area contributed by atoms with Crippen molar-refractivity contribution < 1.29 is 9.13 Å². The Morgan fingerprint density at radius 2 is 2.08 bits per heavy atom. The van der Waals surface area contributed by atoms with E-state index < -0.39 is 5.60 Å². The molecule has 6 heteroatoms. The maximum atomic E-state index is 13.9. The van der Waals surface area contributed by atoms with Gasteiger partial charge in [-0.05, 0) is 48.9 Å². The van der Waals surface area contributed by atoms with E-state index in [-0.39, 0.29) is 11.9 Å². The highest BCUT2D eigenvalue weighted by molar-refractivity contribution is 7.98. The molecule has 0 amide bonds. The minimum Gasteiger partial charge on any atom is -0.354 e. The van der Waals surface area contributed by atoms with Crippen molar-refractivity contribution in [2.45, 2.75) is 37.3 Å². The molecule has 0 radical (unpaired) electrons. The third kappa shape index (κ3) is 2.93. The van der Waals surface area contributed by atoms with Crippen molar-refractivity contribution in [1.29, 1.82) is 0 Å². The van der Waals surface area contributed by atoms with Crippen LogP contribution in [-0.2, 0) is 16.9 Å². The molecule has 2 unspecified atom stereocenters. The van der Waals surface area contributed by atoms with E-state index in [0.29, 0.717) is 6.54 Å². The van der Waals surface area contributed by atoms with E-state index in [1.807, 2.05) is 17.0 Å². The Kier molecular flexibility index (Phi) is 4.32. The molecule has 1 fully saturated rings. The van der Waals surface area contributed by atoms with Gasteiger partial charge in [-0.25, -0.2) is 14.1 Å². The summed E-state index contributed by atoms with van der Waals surface area (Å²) in [6, 6.07) is 13.0. The molecule has 1 saturated heterocycles. The largest absolute Gasteiger partial charge is 0.354 e. The smallest absolute Gasteiger partial charge is 0.185 e. The predicted octanol–water partition coefficient (Wildman–Crippen LogP) is 4.42. The van der Waals surface area contributed by atoms with Gasteiger partial charge in [0, 0.05) is 0 Å². The summed E-state index contributed by atoms with van der Waals surface area (Å²) >= 11 is 1.53. The molecule has 1 aliphatic rings. The Hall–Kier alpha value is -2.18. The van der Waals surface area contributed by atoms with Gasteiger partial charge in [-0.3, -0.25) is 0 Å². The fraction of sp³-hybridized carbons (Fsp3) is 0.300. The van der Waals surface area contributed by atoms with Gasteiger partial charge in [-0.1, -0.05) is 47.7 Å². The molecular formula is C20H20FN3OS. The number of aromatic nitrogens is 3. The van der Waals surface area contributed by atoms with E-state index in [1.54, 1.807) is 18.5 Å². The summed E-state index contributed by atoms with van der Waals surface area (Å²) in [5.74, 6) is -0.263. The number of hydrogen-bond donors (Lipinski definition) is 0. The number of halogens is 1. The van der Waals surface area contributed by atoms with Gasteiger partial charge < -0.3 is 4.74 Å². The molecule has 2 atom stereocenters. The third-order valence-corrected chi connectivity index (χ3v) is 5.55. The van der Waals surface area contributed by atoms with Crippen LogP contribution in [0.5, 0.6) is 0 Å². The molecule has 0 spiro atoms. The van der Waals surface area contributed by atoms with Gasteiger partial charge in [0.1, 0.15) is 23.8 Å². The summed E-state index contributed by atoms with van der Waals surface area (Å²) in [5, 5.41) is 5.15. The molecule has 0 bridgehead atoms. The van der Waals surface area contributed by atoms with Crippen LogP contribution in [0.2, 0.25) is 0 Å². The molecule has 2 heterocycles. The highest BCUT2D eigenvalue weighted by Crippen LogP contribution is 2.58. The van der Waals surface area contributed by atoms with Gasteiger partial charge in [-0.15, -0.1) is 0 Å². The summed E-state index contributed by atoms with van der Waals surface area (Å²) in [6.45, 7) is 4.64. The lowest BCUT2D eigenvalue weighted by Gasteiger charge is -2.16. The first-order chi connectivity index (χ1) is 12.5. The highest BCUT2D eigenvalue weighted by atomic mass is 32.2. The average molecular weight is 369 g/mol.